The maximum absolute atomic E-state index is 12.3. The number of halogens is 1. The zero-order chi connectivity index (χ0) is 17.2. The fourth-order valence-electron chi connectivity index (χ4n) is 3.33. The predicted octanol–water partition coefficient (Wildman–Crippen LogP) is 1.92. The highest BCUT2D eigenvalue weighted by molar-refractivity contribution is 9.10. The zero-order valence-electron chi connectivity index (χ0n) is 13.3. The summed E-state index contributed by atoms with van der Waals surface area (Å²) in [5.41, 5.74) is 0. The number of nitrogens with zero attached hydrogens (tertiary/aromatic N) is 1. The summed E-state index contributed by atoms with van der Waals surface area (Å²) in [7, 11) is -3.07. The van der Waals surface area contributed by atoms with Crippen LogP contribution in [-0.2, 0) is 14.6 Å². The van der Waals surface area contributed by atoms with Crippen molar-refractivity contribution in [1.29, 1.82) is 0 Å². The maximum Gasteiger partial charge on any atom is 0.230 e. The average molecular weight is 433 g/mol. The van der Waals surface area contributed by atoms with E-state index >= 15 is 0 Å². The molecule has 5 nitrogen and oxygen atoms in total. The van der Waals surface area contributed by atoms with Crippen molar-refractivity contribution in [3.63, 3.8) is 0 Å². The molecule has 8 heteroatoms. The molecule has 0 aliphatic carbocycles. The van der Waals surface area contributed by atoms with Gasteiger partial charge in [0.05, 0.1) is 23.3 Å². The molecule has 2 fully saturated rings. The molecule has 0 aromatic heterocycles. The summed E-state index contributed by atoms with van der Waals surface area (Å²) < 4.78 is 25.0. The number of hydrogen-bond acceptors (Lipinski definition) is 5. The van der Waals surface area contributed by atoms with E-state index in [1.165, 1.54) is 11.8 Å². The van der Waals surface area contributed by atoms with Crippen molar-refractivity contribution in [2.75, 3.05) is 30.3 Å². The lowest BCUT2D eigenvalue weighted by Gasteiger charge is -2.28. The number of amides is 1. The largest absolute Gasteiger partial charge is 0.350 e. The van der Waals surface area contributed by atoms with Gasteiger partial charge in [-0.2, -0.15) is 0 Å². The summed E-state index contributed by atoms with van der Waals surface area (Å²) in [6.45, 7) is 1.86. The Morgan fingerprint density at radius 2 is 1.88 bits per heavy atom. The Bertz CT molecular complexity index is 688. The molecule has 1 aromatic rings. The van der Waals surface area contributed by atoms with Gasteiger partial charge < -0.3 is 5.32 Å². The van der Waals surface area contributed by atoms with Crippen LogP contribution in [0.25, 0.3) is 0 Å². The third-order valence-electron chi connectivity index (χ3n) is 4.46. The molecule has 24 heavy (non-hydrogen) atoms. The van der Waals surface area contributed by atoms with Crippen molar-refractivity contribution in [2.45, 2.75) is 29.8 Å². The van der Waals surface area contributed by atoms with Crippen LogP contribution in [0.15, 0.2) is 33.6 Å². The second-order valence-electron chi connectivity index (χ2n) is 6.30. The monoisotopic (exact) mass is 432 g/mol. The molecule has 2 aliphatic rings. The lowest BCUT2D eigenvalue weighted by Crippen LogP contribution is -2.50. The van der Waals surface area contributed by atoms with E-state index in [-0.39, 0.29) is 29.5 Å². The van der Waals surface area contributed by atoms with Gasteiger partial charge in [0.15, 0.2) is 9.84 Å². The van der Waals surface area contributed by atoms with Gasteiger partial charge in [-0.05, 0) is 50.2 Å². The second kappa shape index (κ2) is 7.76. The van der Waals surface area contributed by atoms with Gasteiger partial charge in [0.2, 0.25) is 5.91 Å². The fourth-order valence-corrected chi connectivity index (χ4v) is 6.25. The Labute approximate surface area is 155 Å². The molecule has 0 saturated carbocycles. The van der Waals surface area contributed by atoms with Crippen molar-refractivity contribution in [3.8, 4) is 0 Å². The molecule has 2 heterocycles. The number of benzene rings is 1. The summed E-state index contributed by atoms with van der Waals surface area (Å²) >= 11 is 4.84. The SMILES string of the molecule is O=C(CSc1ccc(Br)cc1)NC1CS(=O)(=O)CC1N1CCCC1. The number of carbonyl (C=O) groups is 1. The van der Waals surface area contributed by atoms with Gasteiger partial charge in [-0.3, -0.25) is 9.69 Å². The molecule has 1 amide bonds. The van der Waals surface area contributed by atoms with Crippen LogP contribution in [0.2, 0.25) is 0 Å². The van der Waals surface area contributed by atoms with E-state index in [4.69, 9.17) is 0 Å². The van der Waals surface area contributed by atoms with Gasteiger partial charge in [-0.15, -0.1) is 11.8 Å². The average Bonchev–Trinajstić information content (AvgIpc) is 3.14. The van der Waals surface area contributed by atoms with E-state index in [0.717, 1.165) is 35.3 Å². The van der Waals surface area contributed by atoms with Crippen LogP contribution >= 0.6 is 27.7 Å². The zero-order valence-corrected chi connectivity index (χ0v) is 16.5. The maximum atomic E-state index is 12.3. The number of carbonyl (C=O) groups excluding carboxylic acids is 1. The Morgan fingerprint density at radius 1 is 1.21 bits per heavy atom. The first kappa shape index (κ1) is 18.2. The Hall–Kier alpha value is -0.570. The fraction of sp³-hybridized carbons (Fsp3) is 0.562. The summed E-state index contributed by atoms with van der Waals surface area (Å²) in [5.74, 6) is 0.417. The minimum atomic E-state index is -3.07. The highest BCUT2D eigenvalue weighted by Gasteiger charge is 2.42. The van der Waals surface area contributed by atoms with Crippen molar-refractivity contribution < 1.29 is 13.2 Å². The number of hydrogen-bond donors (Lipinski definition) is 1. The molecule has 2 aliphatic heterocycles. The molecular formula is C16H21BrN2O3S2. The Kier molecular flexibility index (Phi) is 5.89. The molecule has 0 radical (unpaired) electrons. The van der Waals surface area contributed by atoms with Gasteiger partial charge >= 0.3 is 0 Å². The standard InChI is InChI=1S/C16H21BrN2O3S2/c17-12-3-5-13(6-4-12)23-9-16(20)18-14-10-24(21,22)11-15(14)19-7-1-2-8-19/h3-6,14-15H,1-2,7-11H2,(H,18,20). The lowest BCUT2D eigenvalue weighted by molar-refractivity contribution is -0.119. The van der Waals surface area contributed by atoms with Gasteiger partial charge in [-0.1, -0.05) is 15.9 Å². The number of sulfone groups is 1. The van der Waals surface area contributed by atoms with Gasteiger partial charge in [0.25, 0.3) is 0 Å². The van der Waals surface area contributed by atoms with Gasteiger partial charge in [0.1, 0.15) is 0 Å². The number of likely N-dealkylation sites (tertiary alicyclic amines) is 1. The molecule has 0 bridgehead atoms. The molecule has 0 spiro atoms. The summed E-state index contributed by atoms with van der Waals surface area (Å²) in [6, 6.07) is 7.43. The van der Waals surface area contributed by atoms with Crippen LogP contribution in [0, 0.1) is 0 Å². The number of thioether (sulfide) groups is 1. The Morgan fingerprint density at radius 3 is 2.54 bits per heavy atom. The van der Waals surface area contributed by atoms with Gasteiger partial charge in [-0.25, -0.2) is 8.42 Å². The molecule has 1 aromatic carbocycles. The molecule has 2 atom stereocenters. The summed E-state index contributed by atoms with van der Waals surface area (Å²) in [4.78, 5) is 15.5. The van der Waals surface area contributed by atoms with Crippen LogP contribution in [0.3, 0.4) is 0 Å². The number of rotatable bonds is 5. The summed E-state index contributed by atoms with van der Waals surface area (Å²) in [6.07, 6.45) is 2.22. The second-order valence-corrected chi connectivity index (χ2v) is 10.4. The van der Waals surface area contributed by atoms with Crippen molar-refractivity contribution in [2.24, 2.45) is 0 Å². The smallest absolute Gasteiger partial charge is 0.230 e. The highest BCUT2D eigenvalue weighted by Crippen LogP contribution is 2.24. The van der Waals surface area contributed by atoms with Crippen molar-refractivity contribution >= 4 is 43.4 Å². The van der Waals surface area contributed by atoms with Gasteiger partial charge in [0, 0.05) is 15.4 Å². The van der Waals surface area contributed by atoms with Crippen LogP contribution in [0.1, 0.15) is 12.8 Å². The van der Waals surface area contributed by atoms with E-state index in [1.807, 2.05) is 24.3 Å². The quantitative estimate of drug-likeness (QED) is 0.719. The molecule has 2 saturated heterocycles. The first-order valence-electron chi connectivity index (χ1n) is 8.05. The lowest BCUT2D eigenvalue weighted by atomic mass is 10.1. The highest BCUT2D eigenvalue weighted by atomic mass is 79.9. The number of nitrogens with one attached hydrogen (secondary N) is 1. The topological polar surface area (TPSA) is 66.5 Å². The van der Waals surface area contributed by atoms with Crippen LogP contribution in [0.5, 0.6) is 0 Å². The normalized spacial score (nSPS) is 26.5. The molecule has 132 valence electrons. The van der Waals surface area contributed by atoms with Crippen molar-refractivity contribution in [1.82, 2.24) is 10.2 Å². The molecule has 1 N–H and O–H groups in total. The third kappa shape index (κ3) is 4.74. The van der Waals surface area contributed by atoms with Crippen molar-refractivity contribution in [3.05, 3.63) is 28.7 Å². The van der Waals surface area contributed by atoms with E-state index in [9.17, 15) is 13.2 Å². The van der Waals surface area contributed by atoms with Crippen LogP contribution in [-0.4, -0.2) is 61.7 Å². The first-order chi connectivity index (χ1) is 11.4. The van der Waals surface area contributed by atoms with Crippen LogP contribution < -0.4 is 5.32 Å². The minimum Gasteiger partial charge on any atom is -0.350 e. The van der Waals surface area contributed by atoms with E-state index in [2.05, 4.69) is 26.1 Å². The molecule has 3 rings (SSSR count). The first-order valence-corrected chi connectivity index (χ1v) is 11.7. The summed E-state index contributed by atoms with van der Waals surface area (Å²) in [5, 5.41) is 2.95. The van der Waals surface area contributed by atoms with E-state index in [1.54, 1.807) is 0 Å². The third-order valence-corrected chi connectivity index (χ3v) is 7.72. The van der Waals surface area contributed by atoms with Crippen LogP contribution in [0.4, 0.5) is 0 Å². The van der Waals surface area contributed by atoms with E-state index < -0.39 is 9.84 Å². The molecule has 2 unspecified atom stereocenters. The predicted molar refractivity (Wildman–Crippen MR) is 100 cm³/mol. The minimum absolute atomic E-state index is 0.0584. The van der Waals surface area contributed by atoms with E-state index in [0.29, 0.717) is 5.75 Å². The molecular weight excluding hydrogens is 412 g/mol. The Balaban J connectivity index is 1.56.